The highest BCUT2D eigenvalue weighted by Crippen LogP contribution is 2.31. The van der Waals surface area contributed by atoms with Crippen LogP contribution in [0.3, 0.4) is 0 Å². The summed E-state index contributed by atoms with van der Waals surface area (Å²) in [6, 6.07) is 13.8. The topological polar surface area (TPSA) is 38.7 Å². The summed E-state index contributed by atoms with van der Waals surface area (Å²) in [5.74, 6) is 1.33. The number of ether oxygens (including phenoxy) is 2. The van der Waals surface area contributed by atoms with E-state index in [1.165, 1.54) is 15.6 Å². The van der Waals surface area contributed by atoms with Gasteiger partial charge in [-0.05, 0) is 34.5 Å². The van der Waals surface area contributed by atoms with Crippen LogP contribution in [0.4, 0.5) is 0 Å². The van der Waals surface area contributed by atoms with E-state index in [0.29, 0.717) is 18.1 Å². The Labute approximate surface area is 127 Å². The first-order valence-electron chi connectivity index (χ1n) is 6.67. The van der Waals surface area contributed by atoms with E-state index < -0.39 is 0 Å². The lowest BCUT2D eigenvalue weighted by Gasteiger charge is -2.11. The predicted octanol–water partition coefficient (Wildman–Crippen LogP) is 3.98. The highest BCUT2D eigenvalue weighted by molar-refractivity contribution is 7.17. The van der Waals surface area contributed by atoms with Gasteiger partial charge in [-0.3, -0.25) is 0 Å². The van der Waals surface area contributed by atoms with Crippen LogP contribution in [0.1, 0.15) is 11.1 Å². The van der Waals surface area contributed by atoms with Gasteiger partial charge in [-0.25, -0.2) is 0 Å². The molecule has 0 fully saturated rings. The maximum atomic E-state index is 9.15. The molecule has 0 saturated carbocycles. The first-order chi connectivity index (χ1) is 10.3. The SMILES string of the molecule is COc1cc(CO)ccc1OCc1csc2ccccc12. The molecule has 1 N–H and O–H groups in total. The van der Waals surface area contributed by atoms with Crippen LogP contribution in [-0.4, -0.2) is 12.2 Å². The molecule has 21 heavy (non-hydrogen) atoms. The Balaban J connectivity index is 1.81. The minimum absolute atomic E-state index is 0.00813. The second kappa shape index (κ2) is 6.16. The molecule has 3 aromatic rings. The Morgan fingerprint density at radius 3 is 2.76 bits per heavy atom. The van der Waals surface area contributed by atoms with Gasteiger partial charge in [-0.15, -0.1) is 11.3 Å². The monoisotopic (exact) mass is 300 g/mol. The molecule has 108 valence electrons. The molecule has 0 unspecified atom stereocenters. The summed E-state index contributed by atoms with van der Waals surface area (Å²) in [6.45, 7) is 0.491. The molecular formula is C17H16O3S. The highest BCUT2D eigenvalue weighted by Gasteiger charge is 2.08. The zero-order valence-electron chi connectivity index (χ0n) is 11.7. The van der Waals surface area contributed by atoms with Crippen LogP contribution in [0, 0.1) is 0 Å². The van der Waals surface area contributed by atoms with E-state index in [-0.39, 0.29) is 6.61 Å². The summed E-state index contributed by atoms with van der Waals surface area (Å²) in [5.41, 5.74) is 1.98. The van der Waals surface area contributed by atoms with Gasteiger partial charge in [0, 0.05) is 10.3 Å². The lowest BCUT2D eigenvalue weighted by atomic mass is 10.2. The fourth-order valence-electron chi connectivity index (χ4n) is 2.23. The van der Waals surface area contributed by atoms with Gasteiger partial charge in [0.15, 0.2) is 11.5 Å². The molecule has 0 atom stereocenters. The fourth-order valence-corrected chi connectivity index (χ4v) is 3.18. The van der Waals surface area contributed by atoms with E-state index in [0.717, 1.165) is 5.56 Å². The molecule has 0 aliphatic rings. The van der Waals surface area contributed by atoms with Crippen LogP contribution in [-0.2, 0) is 13.2 Å². The summed E-state index contributed by atoms with van der Waals surface area (Å²) in [4.78, 5) is 0. The van der Waals surface area contributed by atoms with Crippen LogP contribution in [0.5, 0.6) is 11.5 Å². The normalized spacial score (nSPS) is 10.8. The van der Waals surface area contributed by atoms with Crippen molar-refractivity contribution in [3.63, 3.8) is 0 Å². The van der Waals surface area contributed by atoms with Gasteiger partial charge in [-0.1, -0.05) is 24.3 Å². The van der Waals surface area contributed by atoms with Gasteiger partial charge < -0.3 is 14.6 Å². The third-order valence-corrected chi connectivity index (χ3v) is 4.37. The summed E-state index contributed by atoms with van der Waals surface area (Å²) in [6.07, 6.45) is 0. The molecule has 2 aromatic carbocycles. The molecule has 4 heteroatoms. The van der Waals surface area contributed by atoms with Crippen molar-refractivity contribution in [3.8, 4) is 11.5 Å². The summed E-state index contributed by atoms with van der Waals surface area (Å²) < 4.78 is 12.5. The molecule has 3 nitrogen and oxygen atoms in total. The van der Waals surface area contributed by atoms with Gasteiger partial charge in [-0.2, -0.15) is 0 Å². The molecule has 0 amide bonds. The molecule has 0 bridgehead atoms. The van der Waals surface area contributed by atoms with Crippen molar-refractivity contribution >= 4 is 21.4 Å². The second-order valence-electron chi connectivity index (χ2n) is 4.69. The van der Waals surface area contributed by atoms with E-state index in [2.05, 4.69) is 17.5 Å². The van der Waals surface area contributed by atoms with Crippen molar-refractivity contribution in [1.82, 2.24) is 0 Å². The molecule has 0 radical (unpaired) electrons. The van der Waals surface area contributed by atoms with E-state index in [4.69, 9.17) is 14.6 Å². The lowest BCUT2D eigenvalue weighted by molar-refractivity contribution is 0.274. The van der Waals surface area contributed by atoms with Crippen molar-refractivity contribution in [3.05, 3.63) is 59.0 Å². The van der Waals surface area contributed by atoms with Gasteiger partial charge in [0.2, 0.25) is 0 Å². The van der Waals surface area contributed by atoms with Crippen molar-refractivity contribution in [2.75, 3.05) is 7.11 Å². The number of fused-ring (bicyclic) bond motifs is 1. The van der Waals surface area contributed by atoms with Gasteiger partial charge in [0.05, 0.1) is 13.7 Å². The average Bonchev–Trinajstić information content (AvgIpc) is 2.96. The Hall–Kier alpha value is -2.04. The van der Waals surface area contributed by atoms with Crippen molar-refractivity contribution < 1.29 is 14.6 Å². The number of aliphatic hydroxyl groups excluding tert-OH is 1. The molecule has 0 saturated heterocycles. The highest BCUT2D eigenvalue weighted by atomic mass is 32.1. The number of methoxy groups -OCH3 is 1. The number of aliphatic hydroxyl groups is 1. The third-order valence-electron chi connectivity index (χ3n) is 3.35. The molecule has 0 spiro atoms. The van der Waals surface area contributed by atoms with E-state index >= 15 is 0 Å². The minimum Gasteiger partial charge on any atom is -0.493 e. The van der Waals surface area contributed by atoms with E-state index in [9.17, 15) is 0 Å². The minimum atomic E-state index is -0.00813. The molecule has 1 heterocycles. The summed E-state index contributed by atoms with van der Waals surface area (Å²) in [7, 11) is 1.60. The zero-order valence-corrected chi connectivity index (χ0v) is 12.5. The second-order valence-corrected chi connectivity index (χ2v) is 5.60. The predicted molar refractivity (Wildman–Crippen MR) is 85.1 cm³/mol. The van der Waals surface area contributed by atoms with E-state index in [1.807, 2.05) is 24.3 Å². The third kappa shape index (κ3) is 2.86. The Kier molecular flexibility index (Phi) is 4.08. The van der Waals surface area contributed by atoms with Crippen LogP contribution in [0.25, 0.3) is 10.1 Å². The number of benzene rings is 2. The van der Waals surface area contributed by atoms with Crippen LogP contribution in [0.2, 0.25) is 0 Å². The number of hydrogen-bond acceptors (Lipinski definition) is 4. The van der Waals surface area contributed by atoms with Crippen LogP contribution >= 0.6 is 11.3 Å². The van der Waals surface area contributed by atoms with Crippen LogP contribution < -0.4 is 9.47 Å². The molecule has 0 aliphatic heterocycles. The summed E-state index contributed by atoms with van der Waals surface area (Å²) >= 11 is 1.72. The van der Waals surface area contributed by atoms with Gasteiger partial charge in [0.1, 0.15) is 6.61 Å². The van der Waals surface area contributed by atoms with Crippen molar-refractivity contribution in [1.29, 1.82) is 0 Å². The standard InChI is InChI=1S/C17H16O3S/c1-19-16-8-12(9-18)6-7-15(16)20-10-13-11-21-17-5-3-2-4-14(13)17/h2-8,11,18H,9-10H2,1H3. The molecule has 0 aliphatic carbocycles. The Morgan fingerprint density at radius 1 is 1.10 bits per heavy atom. The first kappa shape index (κ1) is 13.9. The Morgan fingerprint density at radius 2 is 1.95 bits per heavy atom. The molecule has 3 rings (SSSR count). The van der Waals surface area contributed by atoms with Crippen LogP contribution in [0.15, 0.2) is 47.8 Å². The Bertz CT molecular complexity index is 749. The molecular weight excluding hydrogens is 284 g/mol. The number of rotatable bonds is 5. The maximum absolute atomic E-state index is 9.15. The number of thiophene rings is 1. The first-order valence-corrected chi connectivity index (χ1v) is 7.55. The van der Waals surface area contributed by atoms with E-state index in [1.54, 1.807) is 24.5 Å². The average molecular weight is 300 g/mol. The van der Waals surface area contributed by atoms with Crippen molar-refractivity contribution in [2.24, 2.45) is 0 Å². The number of hydrogen-bond donors (Lipinski definition) is 1. The van der Waals surface area contributed by atoms with Crippen molar-refractivity contribution in [2.45, 2.75) is 13.2 Å². The lowest BCUT2D eigenvalue weighted by Crippen LogP contribution is -1.98. The maximum Gasteiger partial charge on any atom is 0.161 e. The quantitative estimate of drug-likeness (QED) is 0.774. The fraction of sp³-hybridized carbons (Fsp3) is 0.176. The zero-order chi connectivity index (χ0) is 14.7. The van der Waals surface area contributed by atoms with Gasteiger partial charge >= 0.3 is 0 Å². The molecule has 1 aromatic heterocycles. The smallest absolute Gasteiger partial charge is 0.161 e. The van der Waals surface area contributed by atoms with Gasteiger partial charge in [0.25, 0.3) is 0 Å². The summed E-state index contributed by atoms with van der Waals surface area (Å²) in [5, 5.41) is 12.5. The largest absolute Gasteiger partial charge is 0.493 e.